The van der Waals surface area contributed by atoms with Crippen LogP contribution in [0.5, 0.6) is 0 Å². The van der Waals surface area contributed by atoms with Crippen LogP contribution in [-0.2, 0) is 0 Å². The Labute approximate surface area is 133 Å². The van der Waals surface area contributed by atoms with Crippen LogP contribution in [0.4, 0.5) is 0 Å². The topological polar surface area (TPSA) is 175 Å². The number of carboxylic acids is 4. The zero-order valence-electron chi connectivity index (χ0n) is 11.8. The lowest BCUT2D eigenvalue weighted by atomic mass is 10.2. The molecule has 0 amide bonds. The van der Waals surface area contributed by atoms with Crippen molar-refractivity contribution in [2.45, 2.75) is 0 Å². The number of nitrogens with zero attached hydrogens (tertiary/aromatic N) is 2. The Hall–Kier alpha value is -3.82. The summed E-state index contributed by atoms with van der Waals surface area (Å²) in [5.74, 6) is -4.76. The molecule has 24 heavy (non-hydrogen) atoms. The number of hydrogen-bond donors (Lipinski definition) is 4. The quantitative estimate of drug-likeness (QED) is 0.629. The van der Waals surface area contributed by atoms with Gasteiger partial charge in [-0.15, -0.1) is 0 Å². The fraction of sp³-hybridized carbons (Fsp3) is 0. The highest BCUT2D eigenvalue weighted by Gasteiger charge is 2.08. The molecule has 0 aliphatic heterocycles. The van der Waals surface area contributed by atoms with Gasteiger partial charge in [-0.25, -0.2) is 19.2 Å². The normalized spacial score (nSPS) is 9.33. The van der Waals surface area contributed by atoms with Crippen molar-refractivity contribution in [3.63, 3.8) is 0 Å². The summed E-state index contributed by atoms with van der Waals surface area (Å²) in [5.41, 5.74) is -0.519. The summed E-state index contributed by atoms with van der Waals surface area (Å²) >= 11 is 0. The predicted molar refractivity (Wildman–Crippen MR) is 76.3 cm³/mol. The Morgan fingerprint density at radius 2 is 0.750 bits per heavy atom. The van der Waals surface area contributed by atoms with Crippen LogP contribution in [0.25, 0.3) is 0 Å². The van der Waals surface area contributed by atoms with Crippen LogP contribution >= 0.6 is 0 Å². The molecule has 2 rings (SSSR count). The van der Waals surface area contributed by atoms with Crippen molar-refractivity contribution >= 4 is 23.9 Å². The Bertz CT molecular complexity index is 677. The van der Waals surface area contributed by atoms with Crippen molar-refractivity contribution in [1.82, 2.24) is 9.97 Å². The average molecular weight is 334 g/mol. The fourth-order valence-corrected chi connectivity index (χ4v) is 1.35. The van der Waals surface area contributed by atoms with E-state index in [-0.39, 0.29) is 22.3 Å². The van der Waals surface area contributed by atoms with Crippen molar-refractivity contribution in [3.8, 4) is 0 Å². The molecule has 10 nitrogen and oxygen atoms in total. The summed E-state index contributed by atoms with van der Waals surface area (Å²) in [5, 5.41) is 33.8. The molecule has 4 N–H and O–H groups in total. The number of aromatic nitrogens is 2. The number of aromatic carboxylic acids is 4. The van der Waals surface area contributed by atoms with Crippen LogP contribution in [0, 0.1) is 0 Å². The maximum atomic E-state index is 10.3. The lowest BCUT2D eigenvalue weighted by Gasteiger charge is -1.94. The van der Waals surface area contributed by atoms with Gasteiger partial charge in [0.05, 0.1) is 22.3 Å². The monoisotopic (exact) mass is 334 g/mol. The highest BCUT2D eigenvalue weighted by atomic mass is 16.4. The molecular weight excluding hydrogens is 324 g/mol. The maximum Gasteiger partial charge on any atom is 0.337 e. The van der Waals surface area contributed by atoms with Gasteiger partial charge in [0, 0.05) is 24.8 Å². The average Bonchev–Trinajstić information content (AvgIpc) is 2.55. The summed E-state index contributed by atoms with van der Waals surface area (Å²) in [6, 6.07) is 2.11. The summed E-state index contributed by atoms with van der Waals surface area (Å²) < 4.78 is 0. The third-order valence-electron chi connectivity index (χ3n) is 2.46. The van der Waals surface area contributed by atoms with Gasteiger partial charge in [0.2, 0.25) is 0 Å². The van der Waals surface area contributed by atoms with E-state index in [1.807, 2.05) is 0 Å². The van der Waals surface area contributed by atoms with E-state index in [4.69, 9.17) is 20.4 Å². The molecule has 124 valence electrons. The van der Waals surface area contributed by atoms with E-state index in [1.165, 1.54) is 0 Å². The van der Waals surface area contributed by atoms with Crippen LogP contribution in [0.2, 0.25) is 0 Å². The van der Waals surface area contributed by atoms with Gasteiger partial charge in [0.1, 0.15) is 0 Å². The molecule has 0 aromatic carbocycles. The van der Waals surface area contributed by atoms with E-state index in [0.717, 1.165) is 36.9 Å². The molecule has 0 aliphatic carbocycles. The first-order valence-corrected chi connectivity index (χ1v) is 6.05. The maximum absolute atomic E-state index is 10.3. The first kappa shape index (κ1) is 18.2. The number of carboxylic acid groups (broad SMARTS) is 4. The predicted octanol–water partition coefficient (Wildman–Crippen LogP) is 0.956. The van der Waals surface area contributed by atoms with Gasteiger partial charge in [-0.05, 0) is 12.1 Å². The van der Waals surface area contributed by atoms with E-state index in [0.29, 0.717) is 0 Å². The summed E-state index contributed by atoms with van der Waals surface area (Å²) in [7, 11) is 0. The van der Waals surface area contributed by atoms with Crippen molar-refractivity contribution in [2.75, 3.05) is 0 Å². The van der Waals surface area contributed by atoms with Gasteiger partial charge < -0.3 is 20.4 Å². The second kappa shape index (κ2) is 7.98. The third kappa shape index (κ3) is 5.18. The Morgan fingerprint density at radius 3 is 0.917 bits per heavy atom. The molecule has 2 heterocycles. The zero-order valence-corrected chi connectivity index (χ0v) is 11.8. The van der Waals surface area contributed by atoms with Gasteiger partial charge in [-0.1, -0.05) is 0 Å². The van der Waals surface area contributed by atoms with E-state index < -0.39 is 23.9 Å². The second-order valence-electron chi connectivity index (χ2n) is 4.15. The Kier molecular flexibility index (Phi) is 6.06. The van der Waals surface area contributed by atoms with Crippen LogP contribution in [0.3, 0.4) is 0 Å². The van der Waals surface area contributed by atoms with E-state index >= 15 is 0 Å². The summed E-state index contributed by atoms with van der Waals surface area (Å²) in [6.45, 7) is 0. The molecule has 0 spiro atoms. The molecular formula is C14H10N2O8. The number of pyridine rings is 2. The molecule has 0 radical (unpaired) electrons. The second-order valence-corrected chi connectivity index (χ2v) is 4.15. The van der Waals surface area contributed by atoms with Crippen molar-refractivity contribution in [1.29, 1.82) is 0 Å². The molecule has 2 aromatic rings. The molecule has 0 bridgehead atoms. The first-order valence-electron chi connectivity index (χ1n) is 6.05. The fourth-order valence-electron chi connectivity index (χ4n) is 1.35. The summed E-state index contributed by atoms with van der Waals surface area (Å²) in [6.07, 6.45) is 4.37. The van der Waals surface area contributed by atoms with E-state index in [9.17, 15) is 19.2 Å². The van der Waals surface area contributed by atoms with Crippen LogP contribution in [0.15, 0.2) is 36.9 Å². The van der Waals surface area contributed by atoms with Crippen LogP contribution in [-0.4, -0.2) is 54.3 Å². The Morgan fingerprint density at radius 1 is 0.542 bits per heavy atom. The zero-order chi connectivity index (χ0) is 18.3. The van der Waals surface area contributed by atoms with Crippen LogP contribution in [0.1, 0.15) is 41.4 Å². The molecule has 0 atom stereocenters. The lowest BCUT2D eigenvalue weighted by molar-refractivity contribution is 0.0675. The first-order chi connectivity index (χ1) is 11.2. The van der Waals surface area contributed by atoms with Crippen LogP contribution < -0.4 is 0 Å². The minimum Gasteiger partial charge on any atom is -0.478 e. The molecule has 0 saturated carbocycles. The molecule has 10 heteroatoms. The third-order valence-corrected chi connectivity index (χ3v) is 2.46. The standard InChI is InChI=1S/2C7H5NO4/c2*9-6(10)4-1-5(7(11)12)3-8-2-4/h2*1-3H,(H,9,10)(H,11,12). The van der Waals surface area contributed by atoms with Crippen molar-refractivity contribution < 1.29 is 39.6 Å². The highest BCUT2D eigenvalue weighted by molar-refractivity contribution is 5.93. The Balaban J connectivity index is 0.000000240. The molecule has 0 fully saturated rings. The molecule has 2 aromatic heterocycles. The lowest BCUT2D eigenvalue weighted by Crippen LogP contribution is -2.02. The summed E-state index contributed by atoms with van der Waals surface area (Å²) in [4.78, 5) is 48.3. The number of rotatable bonds is 4. The van der Waals surface area contributed by atoms with Gasteiger partial charge in [-0.2, -0.15) is 0 Å². The molecule has 0 saturated heterocycles. The van der Waals surface area contributed by atoms with Gasteiger partial charge in [0.25, 0.3) is 0 Å². The van der Waals surface area contributed by atoms with Crippen molar-refractivity contribution in [2.24, 2.45) is 0 Å². The smallest absolute Gasteiger partial charge is 0.337 e. The van der Waals surface area contributed by atoms with Gasteiger partial charge in [-0.3, -0.25) is 9.97 Å². The molecule has 0 unspecified atom stereocenters. The largest absolute Gasteiger partial charge is 0.478 e. The minimum absolute atomic E-state index is 0.130. The SMILES string of the molecule is O=C(O)c1cncc(C(=O)O)c1.O=C(O)c1cncc(C(=O)O)c1. The highest BCUT2D eigenvalue weighted by Crippen LogP contribution is 2.02. The van der Waals surface area contributed by atoms with Gasteiger partial charge in [0.15, 0.2) is 0 Å². The van der Waals surface area contributed by atoms with E-state index in [2.05, 4.69) is 9.97 Å². The van der Waals surface area contributed by atoms with E-state index in [1.54, 1.807) is 0 Å². The molecule has 0 aliphatic rings. The van der Waals surface area contributed by atoms with Gasteiger partial charge >= 0.3 is 23.9 Å². The van der Waals surface area contributed by atoms with Crippen molar-refractivity contribution in [3.05, 3.63) is 59.2 Å². The minimum atomic E-state index is -1.19. The number of carbonyl (C=O) groups is 4. The number of hydrogen-bond acceptors (Lipinski definition) is 6.